The largest absolute Gasteiger partial charge is 0.496 e. The summed E-state index contributed by atoms with van der Waals surface area (Å²) < 4.78 is 5.31. The molecular formula is C23H25N3O2. The molecule has 3 aromatic rings. The lowest BCUT2D eigenvalue weighted by Crippen LogP contribution is -2.24. The van der Waals surface area contributed by atoms with Gasteiger partial charge >= 0.3 is 0 Å². The number of amides is 1. The van der Waals surface area contributed by atoms with Gasteiger partial charge in [0.05, 0.1) is 7.11 Å². The molecule has 2 aromatic carbocycles. The van der Waals surface area contributed by atoms with Crippen LogP contribution in [0.2, 0.25) is 0 Å². The summed E-state index contributed by atoms with van der Waals surface area (Å²) in [5, 5.41) is 6.21. The number of ether oxygens (including phenoxy) is 1. The van der Waals surface area contributed by atoms with Gasteiger partial charge in [-0.3, -0.25) is 9.78 Å². The Labute approximate surface area is 165 Å². The van der Waals surface area contributed by atoms with E-state index >= 15 is 0 Å². The summed E-state index contributed by atoms with van der Waals surface area (Å²) in [4.78, 5) is 16.7. The first-order chi connectivity index (χ1) is 13.6. The highest BCUT2D eigenvalue weighted by Gasteiger charge is 2.10. The minimum atomic E-state index is -0.232. The highest BCUT2D eigenvalue weighted by molar-refractivity contribution is 5.93. The van der Waals surface area contributed by atoms with E-state index in [9.17, 15) is 4.79 Å². The zero-order valence-electron chi connectivity index (χ0n) is 16.4. The van der Waals surface area contributed by atoms with Gasteiger partial charge in [-0.2, -0.15) is 0 Å². The molecular weight excluding hydrogens is 350 g/mol. The number of carbonyl (C=O) groups excluding carboxylic acids is 1. The number of anilines is 2. The molecule has 0 spiro atoms. The Balaban J connectivity index is 1.66. The van der Waals surface area contributed by atoms with Gasteiger partial charge in [0.2, 0.25) is 0 Å². The average molecular weight is 375 g/mol. The molecule has 0 aliphatic carbocycles. The summed E-state index contributed by atoms with van der Waals surface area (Å²) in [6.07, 6.45) is 1.63. The van der Waals surface area contributed by atoms with E-state index in [0.717, 1.165) is 22.7 Å². The molecule has 144 valence electrons. The van der Waals surface area contributed by atoms with E-state index in [0.29, 0.717) is 18.2 Å². The first kappa shape index (κ1) is 19.4. The third kappa shape index (κ3) is 4.88. The maximum Gasteiger partial charge on any atom is 0.270 e. The molecule has 0 bridgehead atoms. The molecule has 0 saturated carbocycles. The van der Waals surface area contributed by atoms with Gasteiger partial charge in [-0.25, -0.2) is 0 Å². The lowest BCUT2D eigenvalue weighted by Gasteiger charge is -2.11. The molecule has 0 aliphatic heterocycles. The van der Waals surface area contributed by atoms with Crippen molar-refractivity contribution in [2.24, 2.45) is 0 Å². The van der Waals surface area contributed by atoms with Crippen LogP contribution in [0, 0.1) is 0 Å². The van der Waals surface area contributed by atoms with Gasteiger partial charge in [0, 0.05) is 29.7 Å². The second-order valence-corrected chi connectivity index (χ2v) is 6.83. The molecule has 0 aliphatic rings. The minimum absolute atomic E-state index is 0.232. The Morgan fingerprint density at radius 2 is 1.79 bits per heavy atom. The lowest BCUT2D eigenvalue weighted by atomic mass is 10.0. The van der Waals surface area contributed by atoms with Crippen molar-refractivity contribution >= 4 is 17.3 Å². The number of hydrogen-bond acceptors (Lipinski definition) is 4. The Bertz CT molecular complexity index is 937. The van der Waals surface area contributed by atoms with Crippen LogP contribution >= 0.6 is 0 Å². The highest BCUT2D eigenvalue weighted by atomic mass is 16.5. The summed E-state index contributed by atoms with van der Waals surface area (Å²) in [6.45, 7) is 4.71. The molecule has 0 radical (unpaired) electrons. The first-order valence-electron chi connectivity index (χ1n) is 9.30. The second-order valence-electron chi connectivity index (χ2n) is 6.83. The van der Waals surface area contributed by atoms with Crippen molar-refractivity contribution in [2.75, 3.05) is 12.4 Å². The van der Waals surface area contributed by atoms with E-state index in [1.807, 2.05) is 42.5 Å². The molecule has 5 heteroatoms. The third-order valence-corrected chi connectivity index (χ3v) is 4.49. The molecule has 5 nitrogen and oxygen atoms in total. The van der Waals surface area contributed by atoms with Crippen LogP contribution in [0.4, 0.5) is 11.4 Å². The number of benzene rings is 2. The number of para-hydroxylation sites is 1. The second kappa shape index (κ2) is 9.04. The predicted octanol–water partition coefficient (Wildman–Crippen LogP) is 4.89. The van der Waals surface area contributed by atoms with Crippen LogP contribution in [0.3, 0.4) is 0 Å². The van der Waals surface area contributed by atoms with Crippen molar-refractivity contribution in [3.63, 3.8) is 0 Å². The van der Waals surface area contributed by atoms with E-state index < -0.39 is 0 Å². The smallest absolute Gasteiger partial charge is 0.270 e. The van der Waals surface area contributed by atoms with E-state index in [1.165, 1.54) is 5.56 Å². The number of hydrogen-bond donors (Lipinski definition) is 2. The average Bonchev–Trinajstić information content (AvgIpc) is 2.72. The molecule has 1 aromatic heterocycles. The zero-order chi connectivity index (χ0) is 19.9. The first-order valence-corrected chi connectivity index (χ1v) is 9.30. The highest BCUT2D eigenvalue weighted by Crippen LogP contribution is 2.21. The van der Waals surface area contributed by atoms with Gasteiger partial charge in [0.15, 0.2) is 0 Å². The van der Waals surface area contributed by atoms with E-state index in [-0.39, 0.29) is 5.91 Å². The Hall–Kier alpha value is -3.34. The summed E-state index contributed by atoms with van der Waals surface area (Å²) in [5.74, 6) is 1.01. The van der Waals surface area contributed by atoms with Gasteiger partial charge in [0.25, 0.3) is 5.91 Å². The van der Waals surface area contributed by atoms with Crippen LogP contribution in [0.15, 0.2) is 66.9 Å². The summed E-state index contributed by atoms with van der Waals surface area (Å²) in [7, 11) is 1.62. The SMILES string of the molecule is COc1ccccc1CNC(=O)c1cc(Nc2ccc(C(C)C)cc2)ccn1. The van der Waals surface area contributed by atoms with Crippen molar-refractivity contribution in [3.05, 3.63) is 83.7 Å². The van der Waals surface area contributed by atoms with Crippen molar-refractivity contribution < 1.29 is 9.53 Å². The van der Waals surface area contributed by atoms with Gasteiger partial charge in [-0.05, 0) is 41.8 Å². The Morgan fingerprint density at radius 1 is 1.04 bits per heavy atom. The lowest BCUT2D eigenvalue weighted by molar-refractivity contribution is 0.0945. The number of rotatable bonds is 7. The molecule has 0 atom stereocenters. The quantitative estimate of drug-likeness (QED) is 0.617. The standard InChI is InChI=1S/C23H25N3O2/c1-16(2)17-8-10-19(11-9-17)26-20-12-13-24-21(14-20)23(27)25-15-18-6-4-5-7-22(18)28-3/h4-14,16H,15H2,1-3H3,(H,24,26)(H,25,27). The van der Waals surface area contributed by atoms with Gasteiger partial charge in [0.1, 0.15) is 11.4 Å². The number of pyridine rings is 1. The van der Waals surface area contributed by atoms with E-state index in [4.69, 9.17) is 4.74 Å². The van der Waals surface area contributed by atoms with Crippen molar-refractivity contribution in [3.8, 4) is 5.75 Å². The molecule has 28 heavy (non-hydrogen) atoms. The fourth-order valence-electron chi connectivity index (χ4n) is 2.87. The van der Waals surface area contributed by atoms with Crippen LogP contribution in [0.25, 0.3) is 0 Å². The van der Waals surface area contributed by atoms with Crippen molar-refractivity contribution in [2.45, 2.75) is 26.3 Å². The third-order valence-electron chi connectivity index (χ3n) is 4.49. The predicted molar refractivity (Wildman–Crippen MR) is 112 cm³/mol. The molecule has 0 unspecified atom stereocenters. The van der Waals surface area contributed by atoms with E-state index in [2.05, 4.69) is 41.6 Å². The molecule has 1 heterocycles. The maximum absolute atomic E-state index is 12.5. The number of carbonyl (C=O) groups is 1. The van der Waals surface area contributed by atoms with Crippen LogP contribution < -0.4 is 15.4 Å². The molecule has 3 rings (SSSR count). The topological polar surface area (TPSA) is 63.2 Å². The van der Waals surface area contributed by atoms with Gasteiger partial charge in [-0.15, -0.1) is 0 Å². The number of nitrogens with zero attached hydrogens (tertiary/aromatic N) is 1. The van der Waals surface area contributed by atoms with Crippen molar-refractivity contribution in [1.82, 2.24) is 10.3 Å². The summed E-state index contributed by atoms with van der Waals surface area (Å²) in [6, 6.07) is 19.5. The Morgan fingerprint density at radius 3 is 2.50 bits per heavy atom. The normalized spacial score (nSPS) is 10.6. The maximum atomic E-state index is 12.5. The molecule has 2 N–H and O–H groups in total. The monoisotopic (exact) mass is 375 g/mol. The minimum Gasteiger partial charge on any atom is -0.496 e. The van der Waals surface area contributed by atoms with Gasteiger partial charge < -0.3 is 15.4 Å². The van der Waals surface area contributed by atoms with Crippen LogP contribution in [-0.2, 0) is 6.54 Å². The molecule has 0 fully saturated rings. The van der Waals surface area contributed by atoms with Gasteiger partial charge in [-0.1, -0.05) is 44.2 Å². The van der Waals surface area contributed by atoms with Crippen LogP contribution in [0.1, 0.15) is 41.4 Å². The van der Waals surface area contributed by atoms with E-state index in [1.54, 1.807) is 19.4 Å². The van der Waals surface area contributed by atoms with Crippen molar-refractivity contribution in [1.29, 1.82) is 0 Å². The fourth-order valence-corrected chi connectivity index (χ4v) is 2.87. The summed E-state index contributed by atoms with van der Waals surface area (Å²) >= 11 is 0. The van der Waals surface area contributed by atoms with Crippen LogP contribution in [-0.4, -0.2) is 18.0 Å². The molecule has 1 amide bonds. The Kier molecular flexibility index (Phi) is 6.27. The zero-order valence-corrected chi connectivity index (χ0v) is 16.4. The van der Waals surface area contributed by atoms with Crippen LogP contribution in [0.5, 0.6) is 5.75 Å². The fraction of sp³-hybridized carbons (Fsp3) is 0.217. The summed E-state index contributed by atoms with van der Waals surface area (Å²) in [5.41, 5.74) is 4.35. The number of aromatic nitrogens is 1. The number of nitrogens with one attached hydrogen (secondary N) is 2. The molecule has 0 saturated heterocycles. The number of methoxy groups -OCH3 is 1.